The molecule has 0 spiro atoms. The molecule has 0 unspecified atom stereocenters. The summed E-state index contributed by atoms with van der Waals surface area (Å²) in [5, 5.41) is 8.48. The second kappa shape index (κ2) is 11.6. The quantitative estimate of drug-likeness (QED) is 0.338. The van der Waals surface area contributed by atoms with E-state index in [2.05, 4.69) is 47.8 Å². The molecule has 3 N–H and O–H groups in total. The number of urea groups is 1. The number of carbonyl (C=O) groups is 1. The lowest BCUT2D eigenvalue weighted by atomic mass is 10.2. The van der Waals surface area contributed by atoms with Crippen molar-refractivity contribution in [2.24, 2.45) is 0 Å². The second-order valence-corrected chi connectivity index (χ2v) is 8.07. The third-order valence-electron chi connectivity index (χ3n) is 3.98. The zero-order valence-electron chi connectivity index (χ0n) is 16.2. The molecule has 0 fully saturated rings. The van der Waals surface area contributed by atoms with E-state index in [9.17, 15) is 18.0 Å². The van der Waals surface area contributed by atoms with E-state index in [1.165, 1.54) is 12.1 Å². The van der Waals surface area contributed by atoms with Gasteiger partial charge >= 0.3 is 12.2 Å². The molecular weight excluding hydrogens is 531 g/mol. The first-order valence-electron chi connectivity index (χ1n) is 9.24. The van der Waals surface area contributed by atoms with Gasteiger partial charge in [-0.2, -0.15) is 13.2 Å². The van der Waals surface area contributed by atoms with Gasteiger partial charge in [-0.25, -0.2) is 4.79 Å². The molecule has 30 heavy (non-hydrogen) atoms. The summed E-state index contributed by atoms with van der Waals surface area (Å²) in [6, 6.07) is 7.73. The normalized spacial score (nSPS) is 11.3. The number of benzene rings is 2. The minimum atomic E-state index is -4.40. The number of anilines is 1. The number of halogens is 5. The number of amides is 2. The average Bonchev–Trinajstić information content (AvgIpc) is 2.66. The van der Waals surface area contributed by atoms with Gasteiger partial charge in [0, 0.05) is 28.8 Å². The van der Waals surface area contributed by atoms with E-state index in [0.717, 1.165) is 32.4 Å². The monoisotopic (exact) mass is 551 g/mol. The van der Waals surface area contributed by atoms with Crippen molar-refractivity contribution in [2.75, 3.05) is 25.0 Å². The molecule has 2 amide bonds. The highest BCUT2D eigenvalue weighted by Gasteiger charge is 2.29. The first-order chi connectivity index (χ1) is 14.2. The molecule has 2 aromatic carbocycles. The fourth-order valence-electron chi connectivity index (χ4n) is 2.61. The summed E-state index contributed by atoms with van der Waals surface area (Å²) in [7, 11) is 0. The molecule has 10 heteroatoms. The molecule has 5 nitrogen and oxygen atoms in total. The van der Waals surface area contributed by atoms with E-state index >= 15 is 0 Å². The number of carbonyl (C=O) groups excluding carboxylic acids is 1. The molecule has 2 rings (SSSR count). The van der Waals surface area contributed by atoms with Crippen molar-refractivity contribution < 1.29 is 22.7 Å². The van der Waals surface area contributed by atoms with Gasteiger partial charge in [0.05, 0.1) is 16.6 Å². The highest BCUT2D eigenvalue weighted by molar-refractivity contribution is 9.11. The van der Waals surface area contributed by atoms with Crippen molar-refractivity contribution in [3.63, 3.8) is 0 Å². The van der Waals surface area contributed by atoms with Gasteiger partial charge < -0.3 is 20.7 Å². The van der Waals surface area contributed by atoms with E-state index < -0.39 is 17.8 Å². The minimum Gasteiger partial charge on any atom is -0.492 e. The molecule has 2 aromatic rings. The van der Waals surface area contributed by atoms with Gasteiger partial charge in [-0.3, -0.25) is 0 Å². The van der Waals surface area contributed by atoms with Crippen molar-refractivity contribution in [3.8, 4) is 5.75 Å². The summed E-state index contributed by atoms with van der Waals surface area (Å²) >= 11 is 6.96. The van der Waals surface area contributed by atoms with Crippen LogP contribution in [0.4, 0.5) is 23.7 Å². The van der Waals surface area contributed by atoms with Crippen LogP contribution >= 0.6 is 31.9 Å². The van der Waals surface area contributed by atoms with Crippen LogP contribution in [0, 0.1) is 0 Å². The van der Waals surface area contributed by atoms with Crippen LogP contribution in [-0.4, -0.2) is 25.7 Å². The number of nitrogens with one attached hydrogen (secondary N) is 3. The summed E-state index contributed by atoms with van der Waals surface area (Å²) in [4.78, 5) is 11.8. The molecule has 0 aliphatic carbocycles. The number of alkyl halides is 3. The number of ether oxygens (including phenoxy) is 1. The van der Waals surface area contributed by atoms with Crippen LogP contribution in [-0.2, 0) is 12.7 Å². The lowest BCUT2D eigenvalue weighted by Crippen LogP contribution is -2.31. The molecule has 0 aromatic heterocycles. The summed E-state index contributed by atoms with van der Waals surface area (Å²) < 4.78 is 45.1. The zero-order chi connectivity index (χ0) is 22.1. The lowest BCUT2D eigenvalue weighted by molar-refractivity contribution is -0.137. The molecule has 0 aliphatic heterocycles. The molecule has 164 valence electrons. The first-order valence-corrected chi connectivity index (χ1v) is 10.8. The molecule has 0 saturated heterocycles. The largest absolute Gasteiger partial charge is 0.492 e. The second-order valence-electron chi connectivity index (χ2n) is 6.30. The fraction of sp³-hybridized carbons (Fsp3) is 0.350. The van der Waals surface area contributed by atoms with Gasteiger partial charge in [0.2, 0.25) is 0 Å². The first kappa shape index (κ1) is 24.5. The topological polar surface area (TPSA) is 62.4 Å². The maximum Gasteiger partial charge on any atom is 0.416 e. The Labute approximate surface area is 190 Å². The summed E-state index contributed by atoms with van der Waals surface area (Å²) in [5.74, 6) is 0.794. The highest BCUT2D eigenvalue weighted by atomic mass is 79.9. The fourth-order valence-corrected chi connectivity index (χ4v) is 4.04. The standard InChI is InChI=1S/C20H22Br2F3N3O2/c1-2-30-18-13(10-15(21)11-17(18)22)12-26-8-3-9-27-19(29)28-16-6-4-14(5-7-16)20(23,24)25/h4-7,10-11,26H,2-3,8-9,12H2,1H3,(H2,27,28,29). The molecule has 0 aliphatic rings. The van der Waals surface area contributed by atoms with Crippen molar-refractivity contribution >= 4 is 43.6 Å². The number of hydrogen-bond donors (Lipinski definition) is 3. The Hall–Kier alpha value is -1.78. The Morgan fingerprint density at radius 2 is 1.80 bits per heavy atom. The van der Waals surface area contributed by atoms with E-state index in [1.807, 2.05) is 19.1 Å². The molecule has 0 saturated carbocycles. The van der Waals surface area contributed by atoms with Crippen LogP contribution < -0.4 is 20.7 Å². The number of rotatable bonds is 9. The summed E-state index contributed by atoms with van der Waals surface area (Å²) in [5.41, 5.74) is 0.540. The Morgan fingerprint density at radius 3 is 2.43 bits per heavy atom. The van der Waals surface area contributed by atoms with Crippen LogP contribution in [0.15, 0.2) is 45.3 Å². The minimum absolute atomic E-state index is 0.294. The third-order valence-corrected chi connectivity index (χ3v) is 5.02. The van der Waals surface area contributed by atoms with Gasteiger partial charge in [-0.05, 0) is 72.2 Å². The molecular formula is C20H22Br2F3N3O2. The van der Waals surface area contributed by atoms with E-state index in [1.54, 1.807) is 0 Å². The van der Waals surface area contributed by atoms with Gasteiger partial charge in [-0.15, -0.1) is 0 Å². The van der Waals surface area contributed by atoms with Gasteiger partial charge in [0.1, 0.15) is 5.75 Å². The van der Waals surface area contributed by atoms with Gasteiger partial charge in [-0.1, -0.05) is 15.9 Å². The molecule has 0 atom stereocenters. The predicted octanol–water partition coefficient (Wildman–Crippen LogP) is 5.93. The summed E-state index contributed by atoms with van der Waals surface area (Å²) in [6.07, 6.45) is -3.72. The smallest absolute Gasteiger partial charge is 0.416 e. The highest BCUT2D eigenvalue weighted by Crippen LogP contribution is 2.33. The van der Waals surface area contributed by atoms with Crippen molar-refractivity contribution in [1.29, 1.82) is 0 Å². The van der Waals surface area contributed by atoms with Crippen molar-refractivity contribution in [1.82, 2.24) is 10.6 Å². The van der Waals surface area contributed by atoms with E-state index in [-0.39, 0.29) is 0 Å². The maximum atomic E-state index is 12.5. The Bertz CT molecular complexity index is 846. The average molecular weight is 553 g/mol. The van der Waals surface area contributed by atoms with E-state index in [4.69, 9.17) is 4.74 Å². The zero-order valence-corrected chi connectivity index (χ0v) is 19.4. The van der Waals surface area contributed by atoms with Gasteiger partial charge in [0.25, 0.3) is 0 Å². The van der Waals surface area contributed by atoms with Crippen LogP contribution in [0.2, 0.25) is 0 Å². The molecule has 0 radical (unpaired) electrons. The van der Waals surface area contributed by atoms with Crippen LogP contribution in [0.1, 0.15) is 24.5 Å². The predicted molar refractivity (Wildman–Crippen MR) is 118 cm³/mol. The third kappa shape index (κ3) is 7.81. The molecule has 0 heterocycles. The van der Waals surface area contributed by atoms with Crippen molar-refractivity contribution in [3.05, 3.63) is 56.5 Å². The Kier molecular flexibility index (Phi) is 9.44. The van der Waals surface area contributed by atoms with Crippen LogP contribution in [0.25, 0.3) is 0 Å². The Morgan fingerprint density at radius 1 is 1.10 bits per heavy atom. The van der Waals surface area contributed by atoms with Crippen LogP contribution in [0.3, 0.4) is 0 Å². The number of hydrogen-bond acceptors (Lipinski definition) is 3. The molecule has 0 bridgehead atoms. The lowest BCUT2D eigenvalue weighted by Gasteiger charge is -2.14. The van der Waals surface area contributed by atoms with Gasteiger partial charge in [0.15, 0.2) is 0 Å². The van der Waals surface area contributed by atoms with Crippen molar-refractivity contribution in [2.45, 2.75) is 26.1 Å². The maximum absolute atomic E-state index is 12.5. The Balaban J connectivity index is 1.70. The summed E-state index contributed by atoms with van der Waals surface area (Å²) in [6.45, 7) is 4.17. The SMILES string of the molecule is CCOc1c(Br)cc(Br)cc1CNCCCNC(=O)Nc1ccc(C(F)(F)F)cc1. The van der Waals surface area contributed by atoms with E-state index in [0.29, 0.717) is 38.3 Å². The van der Waals surface area contributed by atoms with Crippen LogP contribution in [0.5, 0.6) is 5.75 Å².